The van der Waals surface area contributed by atoms with Crippen molar-refractivity contribution in [3.05, 3.63) is 0 Å². The molecule has 0 radical (unpaired) electrons. The highest BCUT2D eigenvalue weighted by Crippen LogP contribution is 2.34. The van der Waals surface area contributed by atoms with E-state index in [0.717, 1.165) is 18.1 Å². The van der Waals surface area contributed by atoms with Gasteiger partial charge in [0, 0.05) is 54.1 Å². The SMILES string of the molecule is CC(C)N1CCC2C1CCN2I. The summed E-state index contributed by atoms with van der Waals surface area (Å²) in [5.41, 5.74) is 0. The monoisotopic (exact) mass is 280 g/mol. The van der Waals surface area contributed by atoms with Crippen molar-refractivity contribution in [2.24, 2.45) is 0 Å². The van der Waals surface area contributed by atoms with Crippen molar-refractivity contribution < 1.29 is 0 Å². The first-order valence-corrected chi connectivity index (χ1v) is 5.85. The molecule has 2 nitrogen and oxygen atoms in total. The number of fused-ring (bicyclic) bond motifs is 1. The largest absolute Gasteiger partial charge is 0.296 e. The average molecular weight is 280 g/mol. The van der Waals surface area contributed by atoms with Crippen LogP contribution >= 0.6 is 22.9 Å². The Bertz CT molecular complexity index is 172. The van der Waals surface area contributed by atoms with E-state index in [0.29, 0.717) is 0 Å². The Morgan fingerprint density at radius 3 is 2.50 bits per heavy atom. The highest BCUT2D eigenvalue weighted by Gasteiger charge is 2.42. The zero-order valence-corrected chi connectivity index (χ0v) is 9.99. The van der Waals surface area contributed by atoms with Crippen molar-refractivity contribution >= 4 is 22.9 Å². The molecule has 2 rings (SSSR count). The van der Waals surface area contributed by atoms with Gasteiger partial charge in [-0.1, -0.05) is 0 Å². The van der Waals surface area contributed by atoms with Gasteiger partial charge in [0.1, 0.15) is 0 Å². The summed E-state index contributed by atoms with van der Waals surface area (Å²) in [7, 11) is 0. The van der Waals surface area contributed by atoms with Gasteiger partial charge < -0.3 is 0 Å². The molecule has 2 saturated heterocycles. The predicted molar refractivity (Wildman–Crippen MR) is 59.4 cm³/mol. The van der Waals surface area contributed by atoms with E-state index in [4.69, 9.17) is 0 Å². The van der Waals surface area contributed by atoms with Crippen LogP contribution in [0.3, 0.4) is 0 Å². The fourth-order valence-electron chi connectivity index (χ4n) is 2.61. The minimum absolute atomic E-state index is 0.739. The maximum atomic E-state index is 2.67. The van der Waals surface area contributed by atoms with Gasteiger partial charge in [0.2, 0.25) is 0 Å². The van der Waals surface area contributed by atoms with Crippen LogP contribution < -0.4 is 0 Å². The molecular weight excluding hydrogens is 263 g/mol. The number of hydrogen-bond donors (Lipinski definition) is 0. The summed E-state index contributed by atoms with van der Waals surface area (Å²) < 4.78 is 2.50. The molecule has 0 N–H and O–H groups in total. The summed E-state index contributed by atoms with van der Waals surface area (Å²) in [4.78, 5) is 2.67. The van der Waals surface area contributed by atoms with Gasteiger partial charge in [0.25, 0.3) is 0 Å². The molecule has 0 aromatic rings. The van der Waals surface area contributed by atoms with E-state index in [-0.39, 0.29) is 0 Å². The van der Waals surface area contributed by atoms with E-state index in [1.807, 2.05) is 0 Å². The van der Waals surface area contributed by atoms with Crippen LogP contribution in [-0.4, -0.2) is 39.2 Å². The first kappa shape index (κ1) is 9.21. The Balaban J connectivity index is 2.05. The van der Waals surface area contributed by atoms with Gasteiger partial charge in [-0.2, -0.15) is 0 Å². The van der Waals surface area contributed by atoms with Crippen molar-refractivity contribution in [1.29, 1.82) is 0 Å². The number of likely N-dealkylation sites (tertiary alicyclic amines) is 1. The number of rotatable bonds is 1. The Hall–Kier alpha value is 0.650. The number of nitrogens with zero attached hydrogens (tertiary/aromatic N) is 2. The van der Waals surface area contributed by atoms with Crippen LogP contribution in [0.1, 0.15) is 26.7 Å². The van der Waals surface area contributed by atoms with Crippen LogP contribution in [0.15, 0.2) is 0 Å². The fraction of sp³-hybridized carbons (Fsp3) is 1.00. The van der Waals surface area contributed by atoms with Crippen molar-refractivity contribution in [2.75, 3.05) is 13.1 Å². The van der Waals surface area contributed by atoms with Crippen LogP contribution in [0.5, 0.6) is 0 Å². The smallest absolute Gasteiger partial charge is 0.0362 e. The second kappa shape index (κ2) is 3.42. The summed E-state index contributed by atoms with van der Waals surface area (Å²) >= 11 is 2.49. The summed E-state index contributed by atoms with van der Waals surface area (Å²) in [5, 5.41) is 0. The van der Waals surface area contributed by atoms with Gasteiger partial charge in [0.05, 0.1) is 0 Å². The Labute approximate surface area is 88.8 Å². The fourth-order valence-corrected chi connectivity index (χ4v) is 3.54. The second-order valence-electron chi connectivity index (χ2n) is 4.17. The first-order valence-electron chi connectivity index (χ1n) is 4.88. The molecule has 3 heteroatoms. The van der Waals surface area contributed by atoms with E-state index in [2.05, 4.69) is 44.7 Å². The molecule has 0 aromatic heterocycles. The van der Waals surface area contributed by atoms with Gasteiger partial charge in [0.15, 0.2) is 0 Å². The van der Waals surface area contributed by atoms with Crippen LogP contribution in [-0.2, 0) is 0 Å². The van der Waals surface area contributed by atoms with Crippen molar-refractivity contribution in [1.82, 2.24) is 8.01 Å². The average Bonchev–Trinajstić information content (AvgIpc) is 2.53. The lowest BCUT2D eigenvalue weighted by Gasteiger charge is -2.27. The van der Waals surface area contributed by atoms with Crippen LogP contribution in [0.4, 0.5) is 0 Å². The first-order chi connectivity index (χ1) is 5.70. The molecule has 0 spiro atoms. The van der Waals surface area contributed by atoms with Crippen molar-refractivity contribution in [2.45, 2.75) is 44.8 Å². The Morgan fingerprint density at radius 1 is 1.17 bits per heavy atom. The molecule has 0 bridgehead atoms. The summed E-state index contributed by atoms with van der Waals surface area (Å²) in [6.45, 7) is 7.24. The third kappa shape index (κ3) is 1.40. The van der Waals surface area contributed by atoms with Gasteiger partial charge in [-0.25, -0.2) is 3.11 Å². The molecule has 0 aromatic carbocycles. The van der Waals surface area contributed by atoms with E-state index < -0.39 is 0 Å². The second-order valence-corrected chi connectivity index (χ2v) is 5.41. The molecule has 12 heavy (non-hydrogen) atoms. The Morgan fingerprint density at radius 2 is 1.83 bits per heavy atom. The van der Waals surface area contributed by atoms with Crippen LogP contribution in [0.2, 0.25) is 0 Å². The minimum Gasteiger partial charge on any atom is -0.296 e. The molecule has 2 aliphatic heterocycles. The highest BCUT2D eigenvalue weighted by molar-refractivity contribution is 14.1. The molecule has 0 amide bonds. The van der Waals surface area contributed by atoms with E-state index in [1.54, 1.807) is 0 Å². The molecule has 70 valence electrons. The summed E-state index contributed by atoms with van der Waals surface area (Å²) in [6.07, 6.45) is 2.76. The zero-order valence-electron chi connectivity index (χ0n) is 7.83. The third-order valence-electron chi connectivity index (χ3n) is 3.21. The van der Waals surface area contributed by atoms with Crippen molar-refractivity contribution in [3.8, 4) is 0 Å². The minimum atomic E-state index is 0.739. The molecule has 0 saturated carbocycles. The maximum absolute atomic E-state index is 2.67. The van der Waals surface area contributed by atoms with Gasteiger partial charge in [-0.05, 0) is 26.7 Å². The quantitative estimate of drug-likeness (QED) is 0.534. The summed E-state index contributed by atoms with van der Waals surface area (Å²) in [5.74, 6) is 0. The molecule has 2 unspecified atom stereocenters. The van der Waals surface area contributed by atoms with Gasteiger partial charge in [-0.15, -0.1) is 0 Å². The molecule has 2 aliphatic rings. The summed E-state index contributed by atoms with van der Waals surface area (Å²) in [6, 6.07) is 2.46. The molecular formula is C9H17IN2. The number of halogens is 1. The van der Waals surface area contributed by atoms with E-state index in [1.165, 1.54) is 25.9 Å². The van der Waals surface area contributed by atoms with Crippen LogP contribution in [0, 0.1) is 0 Å². The lowest BCUT2D eigenvalue weighted by atomic mass is 10.1. The van der Waals surface area contributed by atoms with Gasteiger partial charge in [-0.3, -0.25) is 4.90 Å². The zero-order chi connectivity index (χ0) is 8.72. The topological polar surface area (TPSA) is 6.48 Å². The van der Waals surface area contributed by atoms with E-state index >= 15 is 0 Å². The molecule has 0 aliphatic carbocycles. The number of hydrogen-bond acceptors (Lipinski definition) is 2. The lowest BCUT2D eigenvalue weighted by Crippen LogP contribution is -2.38. The molecule has 2 fully saturated rings. The van der Waals surface area contributed by atoms with E-state index in [9.17, 15) is 0 Å². The lowest BCUT2D eigenvalue weighted by molar-refractivity contribution is 0.202. The molecule has 2 heterocycles. The highest BCUT2D eigenvalue weighted by atomic mass is 127. The standard InChI is InChI=1S/C9H17IN2/c1-7(2)11-5-3-9-8(11)4-6-12(9)10/h7-9H,3-6H2,1-2H3. The third-order valence-corrected chi connectivity index (χ3v) is 4.41. The van der Waals surface area contributed by atoms with Crippen LogP contribution in [0.25, 0.3) is 0 Å². The predicted octanol–water partition coefficient (Wildman–Crippen LogP) is 1.89. The van der Waals surface area contributed by atoms with Gasteiger partial charge >= 0.3 is 0 Å². The normalized spacial score (nSPS) is 38.0. The molecule has 2 atom stereocenters. The Kier molecular flexibility index (Phi) is 2.63. The van der Waals surface area contributed by atoms with Crippen molar-refractivity contribution in [3.63, 3.8) is 0 Å². The maximum Gasteiger partial charge on any atom is 0.0362 e.